The number of rotatable bonds is 6. The number of fused-ring (bicyclic) bond motifs is 1. The predicted octanol–water partition coefficient (Wildman–Crippen LogP) is 1.68. The zero-order valence-corrected chi connectivity index (χ0v) is 16.5. The quantitative estimate of drug-likeness (QED) is 0.613. The monoisotopic (exact) mass is 419 g/mol. The van der Waals surface area contributed by atoms with E-state index in [4.69, 9.17) is 9.47 Å². The van der Waals surface area contributed by atoms with Gasteiger partial charge in [-0.15, -0.1) is 0 Å². The Morgan fingerprint density at radius 1 is 0.931 bits per heavy atom. The molecule has 0 bridgehead atoms. The van der Waals surface area contributed by atoms with Gasteiger partial charge in [-0.3, -0.25) is 25.2 Å². The van der Waals surface area contributed by atoms with Crippen LogP contribution in [0.5, 0.6) is 11.5 Å². The lowest BCUT2D eigenvalue weighted by atomic mass is 10.2. The Hall–Kier alpha value is -3.27. The van der Waals surface area contributed by atoms with Gasteiger partial charge in [0.1, 0.15) is 13.2 Å². The van der Waals surface area contributed by atoms with E-state index < -0.39 is 21.8 Å². The molecule has 1 aliphatic heterocycles. The molecule has 0 fully saturated rings. The van der Waals surface area contributed by atoms with Crippen molar-refractivity contribution >= 4 is 27.5 Å². The Balaban J connectivity index is 1.62. The first-order valence-corrected chi connectivity index (χ1v) is 10.6. The molecule has 3 rings (SSSR count). The standard InChI is InChI=1S/C19H21N3O6S/c1-2-10-29(25,26)22-15-5-3-4-13(11-15)18(23)20-21-19(24)14-6-7-16-17(12-14)28-9-8-27-16/h3-7,11-12,22H,2,8-10H2,1H3,(H,20,23)(H,21,24). The molecule has 3 N–H and O–H groups in total. The molecule has 10 heteroatoms. The fraction of sp³-hybridized carbons (Fsp3) is 0.263. The van der Waals surface area contributed by atoms with E-state index in [1.807, 2.05) is 0 Å². The molecule has 29 heavy (non-hydrogen) atoms. The molecule has 2 aromatic rings. The van der Waals surface area contributed by atoms with Crippen LogP contribution in [0.25, 0.3) is 0 Å². The van der Waals surface area contributed by atoms with Crippen LogP contribution in [0.3, 0.4) is 0 Å². The third-order valence-corrected chi connectivity index (χ3v) is 5.46. The molecule has 154 valence electrons. The van der Waals surface area contributed by atoms with Crippen molar-refractivity contribution in [3.05, 3.63) is 53.6 Å². The Kier molecular flexibility index (Phi) is 6.23. The molecule has 2 amide bonds. The topological polar surface area (TPSA) is 123 Å². The van der Waals surface area contributed by atoms with Gasteiger partial charge in [0.05, 0.1) is 5.75 Å². The predicted molar refractivity (Wildman–Crippen MR) is 107 cm³/mol. The average Bonchev–Trinajstić information content (AvgIpc) is 2.71. The number of hydrogen-bond acceptors (Lipinski definition) is 6. The van der Waals surface area contributed by atoms with Crippen molar-refractivity contribution in [3.8, 4) is 11.5 Å². The summed E-state index contributed by atoms with van der Waals surface area (Å²) in [6.07, 6.45) is 0.474. The van der Waals surface area contributed by atoms with Gasteiger partial charge in [-0.1, -0.05) is 13.0 Å². The van der Waals surface area contributed by atoms with Crippen molar-refractivity contribution in [2.75, 3.05) is 23.7 Å². The van der Waals surface area contributed by atoms with Gasteiger partial charge >= 0.3 is 0 Å². The van der Waals surface area contributed by atoms with Crippen LogP contribution < -0.4 is 25.0 Å². The van der Waals surface area contributed by atoms with Gasteiger partial charge in [-0.2, -0.15) is 0 Å². The van der Waals surface area contributed by atoms with E-state index in [1.165, 1.54) is 24.3 Å². The lowest BCUT2D eigenvalue weighted by molar-refractivity contribution is 0.0846. The van der Waals surface area contributed by atoms with E-state index >= 15 is 0 Å². The van der Waals surface area contributed by atoms with Gasteiger partial charge in [0.25, 0.3) is 11.8 Å². The lowest BCUT2D eigenvalue weighted by Gasteiger charge is -2.18. The molecule has 1 heterocycles. The molecule has 0 aliphatic carbocycles. The van der Waals surface area contributed by atoms with Gasteiger partial charge in [-0.05, 0) is 42.8 Å². The number of sulfonamides is 1. The van der Waals surface area contributed by atoms with E-state index in [2.05, 4.69) is 15.6 Å². The van der Waals surface area contributed by atoms with E-state index in [-0.39, 0.29) is 22.6 Å². The summed E-state index contributed by atoms with van der Waals surface area (Å²) in [5.41, 5.74) is 5.36. The second-order valence-electron chi connectivity index (χ2n) is 6.27. The number of carbonyl (C=O) groups is 2. The van der Waals surface area contributed by atoms with Crippen molar-refractivity contribution < 1.29 is 27.5 Å². The van der Waals surface area contributed by atoms with Crippen LogP contribution >= 0.6 is 0 Å². The maximum absolute atomic E-state index is 12.3. The van der Waals surface area contributed by atoms with Crippen molar-refractivity contribution in [3.63, 3.8) is 0 Å². The highest BCUT2D eigenvalue weighted by Crippen LogP contribution is 2.30. The highest BCUT2D eigenvalue weighted by molar-refractivity contribution is 7.92. The minimum absolute atomic E-state index is 0.0188. The molecule has 0 spiro atoms. The van der Waals surface area contributed by atoms with Gasteiger partial charge in [0, 0.05) is 16.8 Å². The molecular weight excluding hydrogens is 398 g/mol. The fourth-order valence-electron chi connectivity index (χ4n) is 2.67. The first kappa shape index (κ1) is 20.5. The largest absolute Gasteiger partial charge is 0.486 e. The number of benzene rings is 2. The summed E-state index contributed by atoms with van der Waals surface area (Å²) in [5.74, 6) is -0.126. The first-order chi connectivity index (χ1) is 13.9. The molecule has 9 nitrogen and oxygen atoms in total. The second-order valence-corrected chi connectivity index (χ2v) is 8.11. The molecule has 0 saturated heterocycles. The van der Waals surface area contributed by atoms with Gasteiger partial charge in [0.2, 0.25) is 10.0 Å². The van der Waals surface area contributed by atoms with E-state index in [0.29, 0.717) is 31.1 Å². The zero-order valence-electron chi connectivity index (χ0n) is 15.7. The van der Waals surface area contributed by atoms with Crippen molar-refractivity contribution in [2.45, 2.75) is 13.3 Å². The average molecular weight is 419 g/mol. The van der Waals surface area contributed by atoms with Crippen LogP contribution in [0.4, 0.5) is 5.69 Å². The highest BCUT2D eigenvalue weighted by Gasteiger charge is 2.16. The normalized spacial score (nSPS) is 12.7. The minimum atomic E-state index is -3.47. The van der Waals surface area contributed by atoms with Crippen LogP contribution in [0.2, 0.25) is 0 Å². The van der Waals surface area contributed by atoms with Crippen LogP contribution in [0.1, 0.15) is 34.1 Å². The van der Waals surface area contributed by atoms with Crippen molar-refractivity contribution in [2.24, 2.45) is 0 Å². The molecule has 0 saturated carbocycles. The summed E-state index contributed by atoms with van der Waals surface area (Å²) >= 11 is 0. The molecule has 0 atom stereocenters. The summed E-state index contributed by atoms with van der Waals surface area (Å²) in [7, 11) is -3.47. The van der Waals surface area contributed by atoms with E-state index in [9.17, 15) is 18.0 Å². The molecule has 0 radical (unpaired) electrons. The van der Waals surface area contributed by atoms with Gasteiger partial charge < -0.3 is 9.47 Å². The number of nitrogens with one attached hydrogen (secondary N) is 3. The Morgan fingerprint density at radius 2 is 1.59 bits per heavy atom. The smallest absolute Gasteiger partial charge is 0.269 e. The molecular formula is C19H21N3O6S. The van der Waals surface area contributed by atoms with Gasteiger partial charge in [0.15, 0.2) is 11.5 Å². The van der Waals surface area contributed by atoms with Crippen LogP contribution in [0.15, 0.2) is 42.5 Å². The summed E-state index contributed by atoms with van der Waals surface area (Å²) in [4.78, 5) is 24.6. The number of anilines is 1. The van der Waals surface area contributed by atoms with Crippen molar-refractivity contribution in [1.29, 1.82) is 0 Å². The summed E-state index contributed by atoms with van der Waals surface area (Å²) in [6, 6.07) is 10.7. The molecule has 2 aromatic carbocycles. The Labute approximate surface area is 168 Å². The van der Waals surface area contributed by atoms with Crippen LogP contribution in [0, 0.1) is 0 Å². The summed E-state index contributed by atoms with van der Waals surface area (Å²) in [6.45, 7) is 2.60. The number of hydrogen-bond donors (Lipinski definition) is 3. The zero-order chi connectivity index (χ0) is 20.9. The molecule has 0 unspecified atom stereocenters. The van der Waals surface area contributed by atoms with Crippen molar-refractivity contribution in [1.82, 2.24) is 10.9 Å². The number of amides is 2. The van der Waals surface area contributed by atoms with E-state index in [1.54, 1.807) is 25.1 Å². The maximum Gasteiger partial charge on any atom is 0.269 e. The third kappa shape index (κ3) is 5.38. The Morgan fingerprint density at radius 3 is 2.28 bits per heavy atom. The first-order valence-electron chi connectivity index (χ1n) is 8.99. The Bertz CT molecular complexity index is 1020. The number of carbonyl (C=O) groups excluding carboxylic acids is 2. The summed E-state index contributed by atoms with van der Waals surface area (Å²) < 4.78 is 37.0. The number of hydrazine groups is 1. The summed E-state index contributed by atoms with van der Waals surface area (Å²) in [5, 5.41) is 0. The number of ether oxygens (including phenoxy) is 2. The third-order valence-electron chi connectivity index (χ3n) is 3.96. The highest BCUT2D eigenvalue weighted by atomic mass is 32.2. The molecule has 0 aromatic heterocycles. The fourth-order valence-corrected chi connectivity index (χ4v) is 3.79. The minimum Gasteiger partial charge on any atom is -0.486 e. The second kappa shape index (κ2) is 8.82. The van der Waals surface area contributed by atoms with Crippen LogP contribution in [-0.4, -0.2) is 39.2 Å². The SMILES string of the molecule is CCCS(=O)(=O)Nc1cccc(C(=O)NNC(=O)c2ccc3c(c2)OCCO3)c1. The lowest BCUT2D eigenvalue weighted by Crippen LogP contribution is -2.41. The van der Waals surface area contributed by atoms with Gasteiger partial charge in [-0.25, -0.2) is 8.42 Å². The van der Waals surface area contributed by atoms with E-state index in [0.717, 1.165) is 0 Å². The maximum atomic E-state index is 12.3. The molecule has 1 aliphatic rings. The van der Waals surface area contributed by atoms with Crippen LogP contribution in [-0.2, 0) is 10.0 Å².